The van der Waals surface area contributed by atoms with Gasteiger partial charge in [0.25, 0.3) is 5.92 Å². The molecule has 0 spiro atoms. The van der Waals surface area contributed by atoms with Gasteiger partial charge in [-0.1, -0.05) is 0 Å². The van der Waals surface area contributed by atoms with E-state index in [1.165, 1.54) is 4.90 Å². The molecule has 11 heteroatoms. The molecule has 0 bridgehead atoms. The summed E-state index contributed by atoms with van der Waals surface area (Å²) in [4.78, 5) is 3.67. The largest absolute Gasteiger partial charge is 0.420 e. The van der Waals surface area contributed by atoms with Gasteiger partial charge in [-0.15, -0.1) is 10.2 Å². The van der Waals surface area contributed by atoms with Crippen molar-refractivity contribution in [3.8, 4) is 0 Å². The molecule has 3 aliphatic heterocycles. The Balaban J connectivity index is 1.21. The lowest BCUT2D eigenvalue weighted by Crippen LogP contribution is -2.32. The molecule has 6 nitrogen and oxygen atoms in total. The number of hydrogen-bond donors (Lipinski definition) is 1. The van der Waals surface area contributed by atoms with Crippen LogP contribution in [-0.2, 0) is 10.9 Å². The summed E-state index contributed by atoms with van der Waals surface area (Å²) in [7, 11) is 0. The van der Waals surface area contributed by atoms with Crippen molar-refractivity contribution in [2.45, 2.75) is 50.2 Å². The van der Waals surface area contributed by atoms with Gasteiger partial charge in [0.2, 0.25) is 0 Å². The zero-order valence-electron chi connectivity index (χ0n) is 18.5. The topological polar surface area (TPSA) is 53.5 Å². The highest BCUT2D eigenvalue weighted by Crippen LogP contribution is 2.42. The number of fused-ring (bicyclic) bond motifs is 1. The van der Waals surface area contributed by atoms with E-state index in [0.29, 0.717) is 17.8 Å². The van der Waals surface area contributed by atoms with E-state index in [1.54, 1.807) is 0 Å². The van der Waals surface area contributed by atoms with Gasteiger partial charge in [-0.3, -0.25) is 0 Å². The lowest BCUT2D eigenvalue weighted by Gasteiger charge is -2.28. The van der Waals surface area contributed by atoms with E-state index in [0.717, 1.165) is 64.6 Å². The maximum Gasteiger partial charge on any atom is 0.420 e. The van der Waals surface area contributed by atoms with Gasteiger partial charge in [0.15, 0.2) is 11.6 Å². The molecule has 4 aliphatic rings. The van der Waals surface area contributed by atoms with Crippen LogP contribution < -0.4 is 10.2 Å². The standard InChI is InChI=1S/C22H30F5N5O/c23-21(24)3-4-32(13-21)19-9-18(22(25,26)27)20(30-29-19)28-17-7-15-11-31(12-16(15)8-17)10-14-1-5-33-6-2-14/h9,14-17H,1-8,10-13H2,(H,28,30)/t15-,16?,17?/m1/s1. The number of nitrogens with one attached hydrogen (secondary N) is 1. The van der Waals surface area contributed by atoms with Crippen LogP contribution in [0.3, 0.4) is 0 Å². The number of halogens is 5. The third kappa shape index (κ3) is 5.18. The fourth-order valence-corrected chi connectivity index (χ4v) is 5.94. The Labute approximate surface area is 189 Å². The molecule has 0 aromatic carbocycles. The van der Waals surface area contributed by atoms with Gasteiger partial charge in [-0.25, -0.2) is 8.78 Å². The second kappa shape index (κ2) is 8.79. The molecule has 1 aromatic heterocycles. The zero-order valence-corrected chi connectivity index (χ0v) is 18.5. The van der Waals surface area contributed by atoms with Crippen LogP contribution in [0.4, 0.5) is 33.6 Å². The molecule has 3 atom stereocenters. The number of alkyl halides is 5. The van der Waals surface area contributed by atoms with E-state index < -0.39 is 30.6 Å². The molecule has 184 valence electrons. The second-order valence-electron chi connectivity index (χ2n) is 10.1. The zero-order chi connectivity index (χ0) is 23.2. The molecule has 5 rings (SSSR count). The molecular formula is C22H30F5N5O. The van der Waals surface area contributed by atoms with Gasteiger partial charge in [-0.2, -0.15) is 13.2 Å². The van der Waals surface area contributed by atoms with E-state index in [4.69, 9.17) is 4.74 Å². The summed E-state index contributed by atoms with van der Waals surface area (Å²) in [5.74, 6) is -1.77. The van der Waals surface area contributed by atoms with E-state index in [1.807, 2.05) is 0 Å². The van der Waals surface area contributed by atoms with Crippen LogP contribution in [0.25, 0.3) is 0 Å². The molecule has 2 unspecified atom stereocenters. The van der Waals surface area contributed by atoms with E-state index in [-0.39, 0.29) is 24.2 Å². The maximum atomic E-state index is 13.8. The van der Waals surface area contributed by atoms with Crippen LogP contribution in [0.15, 0.2) is 6.07 Å². The average molecular weight is 476 g/mol. The van der Waals surface area contributed by atoms with Crippen LogP contribution in [0.2, 0.25) is 0 Å². The Bertz CT molecular complexity index is 833. The van der Waals surface area contributed by atoms with Crippen LogP contribution in [0, 0.1) is 17.8 Å². The minimum atomic E-state index is -4.65. The smallest absolute Gasteiger partial charge is 0.381 e. The molecule has 0 amide bonds. The molecule has 33 heavy (non-hydrogen) atoms. The quantitative estimate of drug-likeness (QED) is 0.653. The minimum absolute atomic E-state index is 0.0396. The summed E-state index contributed by atoms with van der Waals surface area (Å²) in [5, 5.41) is 10.6. The molecular weight excluding hydrogens is 445 g/mol. The van der Waals surface area contributed by atoms with Crippen LogP contribution in [0.5, 0.6) is 0 Å². The molecule has 1 saturated carbocycles. The summed E-state index contributed by atoms with van der Waals surface area (Å²) in [5.41, 5.74) is -0.944. The van der Waals surface area contributed by atoms with Crippen molar-refractivity contribution in [3.63, 3.8) is 0 Å². The predicted octanol–water partition coefficient (Wildman–Crippen LogP) is 3.89. The van der Waals surface area contributed by atoms with Crippen molar-refractivity contribution in [2.24, 2.45) is 17.8 Å². The van der Waals surface area contributed by atoms with Crippen LogP contribution >= 0.6 is 0 Å². The van der Waals surface area contributed by atoms with E-state index in [2.05, 4.69) is 20.4 Å². The van der Waals surface area contributed by atoms with E-state index >= 15 is 0 Å². The Morgan fingerprint density at radius 3 is 2.39 bits per heavy atom. The van der Waals surface area contributed by atoms with Crippen molar-refractivity contribution in [1.82, 2.24) is 15.1 Å². The van der Waals surface area contributed by atoms with Gasteiger partial charge in [0.05, 0.1) is 6.54 Å². The number of nitrogens with zero attached hydrogens (tertiary/aromatic N) is 4. The minimum Gasteiger partial charge on any atom is -0.381 e. The van der Waals surface area contributed by atoms with Crippen molar-refractivity contribution in [1.29, 1.82) is 0 Å². The number of rotatable bonds is 5. The fourth-order valence-electron chi connectivity index (χ4n) is 5.94. The summed E-state index contributed by atoms with van der Waals surface area (Å²) in [6, 6.07) is 0.755. The third-order valence-electron chi connectivity index (χ3n) is 7.60. The molecule has 1 aromatic rings. The first-order valence-corrected chi connectivity index (χ1v) is 11.8. The Kier molecular flexibility index (Phi) is 6.13. The lowest BCUT2D eigenvalue weighted by molar-refractivity contribution is -0.137. The van der Waals surface area contributed by atoms with Gasteiger partial charge in [-0.05, 0) is 49.5 Å². The number of ether oxygens (including phenoxy) is 1. The summed E-state index contributed by atoms with van der Waals surface area (Å²) < 4.78 is 73.7. The van der Waals surface area contributed by atoms with Crippen LogP contribution in [-0.4, -0.2) is 73.0 Å². The molecule has 3 saturated heterocycles. The second-order valence-corrected chi connectivity index (χ2v) is 10.1. The number of likely N-dealkylation sites (tertiary alicyclic amines) is 1. The predicted molar refractivity (Wildman–Crippen MR) is 112 cm³/mol. The molecule has 1 aliphatic carbocycles. The number of aromatic nitrogens is 2. The number of anilines is 2. The first kappa shape index (κ1) is 23.0. The Morgan fingerprint density at radius 1 is 1.09 bits per heavy atom. The normalized spacial score (nSPS) is 30.7. The van der Waals surface area contributed by atoms with Gasteiger partial charge >= 0.3 is 6.18 Å². The molecule has 0 radical (unpaired) electrons. The van der Waals surface area contributed by atoms with E-state index in [9.17, 15) is 22.0 Å². The highest BCUT2D eigenvalue weighted by molar-refractivity contribution is 5.53. The first-order chi connectivity index (χ1) is 15.7. The average Bonchev–Trinajstić information content (AvgIpc) is 3.41. The van der Waals surface area contributed by atoms with Crippen molar-refractivity contribution < 1.29 is 26.7 Å². The summed E-state index contributed by atoms with van der Waals surface area (Å²) >= 11 is 0. The van der Waals surface area contributed by atoms with Gasteiger partial charge < -0.3 is 19.9 Å². The Morgan fingerprint density at radius 2 is 1.79 bits per heavy atom. The highest BCUT2D eigenvalue weighted by Gasteiger charge is 2.44. The molecule has 4 heterocycles. The SMILES string of the molecule is FC1(F)CCN(c2cc(C(F)(F)F)c(NC3CC4CN(CC5CCOCC5)C[C@H]4C3)nn2)C1. The first-order valence-electron chi connectivity index (χ1n) is 11.8. The highest BCUT2D eigenvalue weighted by atomic mass is 19.4. The fraction of sp³-hybridized carbons (Fsp3) is 0.818. The van der Waals surface area contributed by atoms with Gasteiger partial charge in [0, 0.05) is 51.9 Å². The lowest BCUT2D eigenvalue weighted by atomic mass is 10.00. The van der Waals surface area contributed by atoms with Crippen LogP contribution in [0.1, 0.15) is 37.7 Å². The Hall–Kier alpha value is -1.75. The third-order valence-corrected chi connectivity index (χ3v) is 7.60. The number of hydrogen-bond acceptors (Lipinski definition) is 6. The van der Waals surface area contributed by atoms with Gasteiger partial charge in [0.1, 0.15) is 5.56 Å². The summed E-state index contributed by atoms with van der Waals surface area (Å²) in [6.07, 6.45) is -1.25. The monoisotopic (exact) mass is 475 g/mol. The maximum absolute atomic E-state index is 13.8. The van der Waals surface area contributed by atoms with Crippen molar-refractivity contribution in [2.75, 3.05) is 56.2 Å². The molecule has 4 fully saturated rings. The van der Waals surface area contributed by atoms with Crippen molar-refractivity contribution in [3.05, 3.63) is 11.6 Å². The van der Waals surface area contributed by atoms with Crippen molar-refractivity contribution >= 4 is 11.6 Å². The summed E-state index contributed by atoms with van der Waals surface area (Å²) in [6.45, 7) is 4.04. The molecule has 1 N–H and O–H groups in total.